The van der Waals surface area contributed by atoms with Gasteiger partial charge in [0, 0.05) is 5.38 Å². The lowest BCUT2D eigenvalue weighted by molar-refractivity contribution is 0.449. The number of halogens is 1. The molecule has 0 aliphatic rings. The fourth-order valence-electron chi connectivity index (χ4n) is 1.81. The first-order valence-corrected chi connectivity index (χ1v) is 6.80. The van der Waals surface area contributed by atoms with Gasteiger partial charge in [0.1, 0.15) is 0 Å². The van der Waals surface area contributed by atoms with Crippen LogP contribution >= 0.6 is 11.6 Å². The van der Waals surface area contributed by atoms with Crippen LogP contribution in [0, 0.1) is 5.92 Å². The Morgan fingerprint density at radius 1 is 0.857 bits per heavy atom. The van der Waals surface area contributed by atoms with E-state index in [9.17, 15) is 0 Å². The van der Waals surface area contributed by atoms with Gasteiger partial charge < -0.3 is 0 Å². The Morgan fingerprint density at radius 2 is 1.50 bits per heavy atom. The van der Waals surface area contributed by atoms with Gasteiger partial charge in [-0.2, -0.15) is 0 Å². The van der Waals surface area contributed by atoms with Gasteiger partial charge in [-0.25, -0.2) is 0 Å². The molecule has 86 valence electrons. The maximum atomic E-state index is 6.27. The average molecular weight is 219 g/mol. The Kier molecular flexibility index (Phi) is 10.0. The van der Waals surface area contributed by atoms with Crippen LogP contribution in [0.4, 0.5) is 0 Å². The zero-order valence-electron chi connectivity index (χ0n) is 10.2. The predicted octanol–water partition coefficient (Wildman–Crippen LogP) is 5.39. The van der Waals surface area contributed by atoms with Crippen LogP contribution in [0.5, 0.6) is 0 Å². The molecule has 0 aromatic carbocycles. The minimum absolute atomic E-state index is 0.408. The number of rotatable bonds is 9. The molecule has 0 spiro atoms. The zero-order chi connectivity index (χ0) is 10.8. The molecule has 0 bridgehead atoms. The summed E-state index contributed by atoms with van der Waals surface area (Å²) in [6.45, 7) is 6.77. The second-order valence-electron chi connectivity index (χ2n) is 4.48. The van der Waals surface area contributed by atoms with Gasteiger partial charge in [0.2, 0.25) is 0 Å². The topological polar surface area (TPSA) is 0 Å². The van der Waals surface area contributed by atoms with E-state index in [0.717, 1.165) is 0 Å². The van der Waals surface area contributed by atoms with Crippen molar-refractivity contribution in [2.75, 3.05) is 0 Å². The molecular weight excluding hydrogens is 192 g/mol. The minimum atomic E-state index is 0.408. The Labute approximate surface area is 95.4 Å². The van der Waals surface area contributed by atoms with Crippen LogP contribution in [-0.4, -0.2) is 5.38 Å². The highest BCUT2D eigenvalue weighted by atomic mass is 35.5. The molecule has 0 saturated heterocycles. The lowest BCUT2D eigenvalue weighted by atomic mass is 9.96. The minimum Gasteiger partial charge on any atom is -0.123 e. The summed E-state index contributed by atoms with van der Waals surface area (Å²) in [6.07, 6.45) is 10.6. The molecule has 0 radical (unpaired) electrons. The molecule has 0 rings (SSSR count). The second-order valence-corrected chi connectivity index (χ2v) is 5.05. The molecule has 14 heavy (non-hydrogen) atoms. The normalized spacial score (nSPS) is 15.4. The largest absolute Gasteiger partial charge is 0.123 e. The van der Waals surface area contributed by atoms with Crippen molar-refractivity contribution >= 4 is 11.6 Å². The van der Waals surface area contributed by atoms with Crippen molar-refractivity contribution in [3.8, 4) is 0 Å². The molecule has 0 amide bonds. The summed E-state index contributed by atoms with van der Waals surface area (Å²) in [5.41, 5.74) is 0. The summed E-state index contributed by atoms with van der Waals surface area (Å²) in [6, 6.07) is 0. The van der Waals surface area contributed by atoms with Crippen molar-refractivity contribution in [3.05, 3.63) is 0 Å². The molecule has 0 heterocycles. The first-order chi connectivity index (χ1) is 6.72. The summed E-state index contributed by atoms with van der Waals surface area (Å²) in [5.74, 6) is 0.707. The molecule has 0 saturated carbocycles. The zero-order valence-corrected chi connectivity index (χ0v) is 10.9. The average Bonchev–Trinajstić information content (AvgIpc) is 2.17. The van der Waals surface area contributed by atoms with Gasteiger partial charge in [0.25, 0.3) is 0 Å². The van der Waals surface area contributed by atoms with Crippen LogP contribution in [0.1, 0.15) is 72.1 Å². The van der Waals surface area contributed by atoms with E-state index in [4.69, 9.17) is 11.6 Å². The molecule has 0 fully saturated rings. The number of hydrogen-bond donors (Lipinski definition) is 0. The van der Waals surface area contributed by atoms with Crippen molar-refractivity contribution in [2.24, 2.45) is 5.92 Å². The smallest absolute Gasteiger partial charge is 0.0361 e. The number of unbranched alkanes of at least 4 members (excludes halogenated alkanes) is 4. The number of hydrogen-bond acceptors (Lipinski definition) is 0. The van der Waals surface area contributed by atoms with Gasteiger partial charge in [0.15, 0.2) is 0 Å². The van der Waals surface area contributed by atoms with Gasteiger partial charge in [-0.15, -0.1) is 11.6 Å². The molecule has 2 atom stereocenters. The van der Waals surface area contributed by atoms with E-state index in [-0.39, 0.29) is 0 Å². The van der Waals surface area contributed by atoms with Gasteiger partial charge in [-0.05, 0) is 18.8 Å². The standard InChI is InChI=1S/C13H27Cl/c1-4-6-7-8-9-11-12(3)13(14)10-5-2/h12-13H,4-11H2,1-3H3. The van der Waals surface area contributed by atoms with Gasteiger partial charge in [-0.1, -0.05) is 59.3 Å². The molecule has 1 heteroatoms. The first-order valence-electron chi connectivity index (χ1n) is 6.36. The molecule has 0 nitrogen and oxygen atoms in total. The summed E-state index contributed by atoms with van der Waals surface area (Å²) in [5, 5.41) is 0.408. The monoisotopic (exact) mass is 218 g/mol. The lowest BCUT2D eigenvalue weighted by Gasteiger charge is -2.16. The Hall–Kier alpha value is 0.290. The van der Waals surface area contributed by atoms with Crippen LogP contribution < -0.4 is 0 Å². The van der Waals surface area contributed by atoms with Crippen molar-refractivity contribution in [1.29, 1.82) is 0 Å². The van der Waals surface area contributed by atoms with Crippen molar-refractivity contribution in [2.45, 2.75) is 77.5 Å². The maximum absolute atomic E-state index is 6.27. The van der Waals surface area contributed by atoms with Crippen molar-refractivity contribution in [3.63, 3.8) is 0 Å². The van der Waals surface area contributed by atoms with Gasteiger partial charge >= 0.3 is 0 Å². The maximum Gasteiger partial charge on any atom is 0.0361 e. The summed E-state index contributed by atoms with van der Waals surface area (Å²) >= 11 is 6.27. The molecular formula is C13H27Cl. The third kappa shape index (κ3) is 7.67. The highest BCUT2D eigenvalue weighted by Crippen LogP contribution is 2.21. The van der Waals surface area contributed by atoms with Crippen LogP contribution in [0.3, 0.4) is 0 Å². The van der Waals surface area contributed by atoms with E-state index >= 15 is 0 Å². The summed E-state index contributed by atoms with van der Waals surface area (Å²) in [7, 11) is 0. The third-order valence-corrected chi connectivity index (χ3v) is 3.59. The SMILES string of the molecule is CCCCCCCC(C)C(Cl)CCC. The number of alkyl halides is 1. The molecule has 0 aliphatic carbocycles. The van der Waals surface area contributed by atoms with Crippen LogP contribution in [-0.2, 0) is 0 Å². The van der Waals surface area contributed by atoms with Crippen LogP contribution in [0.2, 0.25) is 0 Å². The molecule has 0 aromatic rings. The fraction of sp³-hybridized carbons (Fsp3) is 1.00. The second kappa shape index (κ2) is 9.83. The highest BCUT2D eigenvalue weighted by Gasteiger charge is 2.12. The van der Waals surface area contributed by atoms with E-state index in [1.54, 1.807) is 0 Å². The van der Waals surface area contributed by atoms with E-state index in [0.29, 0.717) is 11.3 Å². The molecule has 0 aromatic heterocycles. The first kappa shape index (κ1) is 14.3. The highest BCUT2D eigenvalue weighted by molar-refractivity contribution is 6.20. The van der Waals surface area contributed by atoms with Crippen LogP contribution in [0.25, 0.3) is 0 Å². The lowest BCUT2D eigenvalue weighted by Crippen LogP contribution is -2.10. The summed E-state index contributed by atoms with van der Waals surface area (Å²) < 4.78 is 0. The van der Waals surface area contributed by atoms with E-state index in [1.165, 1.54) is 51.4 Å². The quantitative estimate of drug-likeness (QED) is 0.360. The summed E-state index contributed by atoms with van der Waals surface area (Å²) in [4.78, 5) is 0. The molecule has 2 unspecified atom stereocenters. The Balaban J connectivity index is 3.29. The van der Waals surface area contributed by atoms with Gasteiger partial charge in [0.05, 0.1) is 0 Å². The van der Waals surface area contributed by atoms with E-state index in [2.05, 4.69) is 20.8 Å². The van der Waals surface area contributed by atoms with Crippen molar-refractivity contribution in [1.82, 2.24) is 0 Å². The molecule has 0 N–H and O–H groups in total. The van der Waals surface area contributed by atoms with E-state index in [1.807, 2.05) is 0 Å². The van der Waals surface area contributed by atoms with Gasteiger partial charge in [-0.3, -0.25) is 0 Å². The predicted molar refractivity (Wildman–Crippen MR) is 67.1 cm³/mol. The molecule has 0 aliphatic heterocycles. The third-order valence-electron chi connectivity index (χ3n) is 2.94. The van der Waals surface area contributed by atoms with Crippen molar-refractivity contribution < 1.29 is 0 Å². The van der Waals surface area contributed by atoms with Crippen LogP contribution in [0.15, 0.2) is 0 Å². The van der Waals surface area contributed by atoms with E-state index < -0.39 is 0 Å². The Morgan fingerprint density at radius 3 is 2.07 bits per heavy atom. The fourth-order valence-corrected chi connectivity index (χ4v) is 2.16. The Bertz CT molecular complexity index is 112.